The first kappa shape index (κ1) is 20.4. The molecular weight excluding hydrogens is 428 g/mol. The predicted molar refractivity (Wildman–Crippen MR) is 106 cm³/mol. The van der Waals surface area contributed by atoms with Crippen LogP contribution in [-0.2, 0) is 20.9 Å². The van der Waals surface area contributed by atoms with Crippen molar-refractivity contribution in [2.24, 2.45) is 0 Å². The van der Waals surface area contributed by atoms with E-state index in [1.54, 1.807) is 25.1 Å². The number of halogens is 1. The number of carbonyl (C=O) groups is 2. The fourth-order valence-electron chi connectivity index (χ4n) is 2.29. The average molecular weight is 443 g/mol. The summed E-state index contributed by atoms with van der Waals surface area (Å²) in [5, 5.41) is 11.2. The molecule has 1 aromatic carbocycles. The lowest BCUT2D eigenvalue weighted by Crippen LogP contribution is -2.19. The Morgan fingerprint density at radius 3 is 3.00 bits per heavy atom. The first-order chi connectivity index (χ1) is 13.5. The maximum atomic E-state index is 12.1. The van der Waals surface area contributed by atoms with Gasteiger partial charge >= 0.3 is 11.7 Å². The summed E-state index contributed by atoms with van der Waals surface area (Å²) in [6.45, 7) is 2.19. The maximum absolute atomic E-state index is 12.1. The molecular formula is C16H15ClN4O5S2. The first-order valence-electron chi connectivity index (χ1n) is 8.17. The van der Waals surface area contributed by atoms with Gasteiger partial charge in [0.2, 0.25) is 11.0 Å². The summed E-state index contributed by atoms with van der Waals surface area (Å²) in [6.07, 6.45) is 0.0437. The lowest BCUT2D eigenvalue weighted by molar-refractivity contribution is -0.139. The van der Waals surface area contributed by atoms with Gasteiger partial charge in [0.15, 0.2) is 9.92 Å². The summed E-state index contributed by atoms with van der Waals surface area (Å²) >= 11 is 8.21. The van der Waals surface area contributed by atoms with E-state index >= 15 is 0 Å². The van der Waals surface area contributed by atoms with Gasteiger partial charge in [0, 0.05) is 24.1 Å². The van der Waals surface area contributed by atoms with Crippen molar-refractivity contribution < 1.29 is 18.7 Å². The molecule has 0 saturated carbocycles. The average Bonchev–Trinajstić information content (AvgIpc) is 3.21. The van der Waals surface area contributed by atoms with E-state index < -0.39 is 5.76 Å². The molecule has 2 aromatic heterocycles. The van der Waals surface area contributed by atoms with E-state index in [0.29, 0.717) is 32.2 Å². The van der Waals surface area contributed by atoms with Gasteiger partial charge in [0.05, 0.1) is 17.9 Å². The molecule has 0 radical (unpaired) electrons. The quantitative estimate of drug-likeness (QED) is 0.321. The number of nitrogens with zero attached hydrogens (tertiary/aromatic N) is 3. The first-order valence-corrected chi connectivity index (χ1v) is 10.3. The Morgan fingerprint density at radius 1 is 1.39 bits per heavy atom. The van der Waals surface area contributed by atoms with Gasteiger partial charge in [0.25, 0.3) is 0 Å². The van der Waals surface area contributed by atoms with Gasteiger partial charge in [-0.1, -0.05) is 34.7 Å². The highest BCUT2D eigenvalue weighted by Gasteiger charge is 2.14. The molecule has 0 fully saturated rings. The number of esters is 1. The van der Waals surface area contributed by atoms with Gasteiger partial charge in [-0.3, -0.25) is 14.2 Å². The summed E-state index contributed by atoms with van der Waals surface area (Å²) in [5.41, 5.74) is 0.932. The van der Waals surface area contributed by atoms with Crippen molar-refractivity contribution in [3.8, 4) is 0 Å². The zero-order chi connectivity index (χ0) is 20.1. The molecule has 0 aliphatic heterocycles. The number of carbonyl (C=O) groups excluding carboxylic acids is 2. The number of aromatic nitrogens is 3. The summed E-state index contributed by atoms with van der Waals surface area (Å²) < 4.78 is 11.9. The van der Waals surface area contributed by atoms with Gasteiger partial charge in [0.1, 0.15) is 0 Å². The van der Waals surface area contributed by atoms with Crippen molar-refractivity contribution in [3.63, 3.8) is 0 Å². The molecule has 3 aromatic rings. The number of benzene rings is 1. The number of amides is 1. The number of hydrogen-bond donors (Lipinski definition) is 1. The van der Waals surface area contributed by atoms with Crippen LogP contribution in [-0.4, -0.2) is 39.0 Å². The minimum atomic E-state index is -0.557. The molecule has 0 bridgehead atoms. The molecule has 0 unspecified atom stereocenters. The Bertz CT molecular complexity index is 1060. The van der Waals surface area contributed by atoms with Crippen molar-refractivity contribution in [1.82, 2.24) is 14.8 Å². The standard InChI is InChI=1S/C16H15ClN4O5S2/c1-2-25-13(23)8-27-15-20-19-14(28-15)18-12(22)5-6-21-10-4-3-9(17)7-11(10)26-16(21)24/h3-4,7H,2,5-6,8H2,1H3,(H,18,19,22). The minimum absolute atomic E-state index is 0.0437. The van der Waals surface area contributed by atoms with Gasteiger partial charge in [-0.15, -0.1) is 10.2 Å². The minimum Gasteiger partial charge on any atom is -0.465 e. The second-order valence-electron chi connectivity index (χ2n) is 5.40. The number of rotatable bonds is 8. The number of aryl methyl sites for hydroxylation is 1. The van der Waals surface area contributed by atoms with Crippen LogP contribution < -0.4 is 11.1 Å². The number of ether oxygens (including phenoxy) is 1. The molecule has 28 heavy (non-hydrogen) atoms. The van der Waals surface area contributed by atoms with Gasteiger partial charge < -0.3 is 14.5 Å². The van der Waals surface area contributed by atoms with Crippen LogP contribution in [0.3, 0.4) is 0 Å². The number of fused-ring (bicyclic) bond motifs is 1. The molecule has 12 heteroatoms. The molecule has 9 nitrogen and oxygen atoms in total. The number of hydrogen-bond acceptors (Lipinski definition) is 9. The van der Waals surface area contributed by atoms with E-state index in [1.165, 1.54) is 16.3 Å². The molecule has 0 saturated heterocycles. The highest BCUT2D eigenvalue weighted by molar-refractivity contribution is 8.01. The molecule has 2 heterocycles. The van der Waals surface area contributed by atoms with Crippen LogP contribution in [0, 0.1) is 0 Å². The second kappa shape index (κ2) is 9.22. The Morgan fingerprint density at radius 2 is 2.21 bits per heavy atom. The highest BCUT2D eigenvalue weighted by atomic mass is 35.5. The molecule has 1 amide bonds. The zero-order valence-corrected chi connectivity index (χ0v) is 17.0. The predicted octanol–water partition coefficient (Wildman–Crippen LogP) is 2.78. The largest absolute Gasteiger partial charge is 0.465 e. The van der Waals surface area contributed by atoms with E-state index in [2.05, 4.69) is 15.5 Å². The van der Waals surface area contributed by atoms with Crippen molar-refractivity contribution >= 4 is 62.8 Å². The number of anilines is 1. The van der Waals surface area contributed by atoms with Gasteiger partial charge in [-0.2, -0.15) is 0 Å². The second-order valence-corrected chi connectivity index (χ2v) is 8.03. The molecule has 148 valence electrons. The Labute approximate surface area is 172 Å². The fraction of sp³-hybridized carbons (Fsp3) is 0.312. The van der Waals surface area contributed by atoms with Crippen molar-refractivity contribution in [3.05, 3.63) is 33.8 Å². The van der Waals surface area contributed by atoms with Gasteiger partial charge in [-0.25, -0.2) is 4.79 Å². The lowest BCUT2D eigenvalue weighted by Gasteiger charge is -2.02. The van der Waals surface area contributed by atoms with E-state index in [-0.39, 0.29) is 30.6 Å². The summed E-state index contributed by atoms with van der Waals surface area (Å²) in [4.78, 5) is 35.4. The van der Waals surface area contributed by atoms with E-state index in [4.69, 9.17) is 20.8 Å². The smallest absolute Gasteiger partial charge is 0.419 e. The number of thioether (sulfide) groups is 1. The van der Waals surface area contributed by atoms with Crippen LogP contribution >= 0.6 is 34.7 Å². The van der Waals surface area contributed by atoms with E-state index in [1.807, 2.05) is 0 Å². The van der Waals surface area contributed by atoms with Crippen LogP contribution in [0.4, 0.5) is 5.13 Å². The number of nitrogens with one attached hydrogen (secondary N) is 1. The van der Waals surface area contributed by atoms with Crippen LogP contribution in [0.1, 0.15) is 13.3 Å². The molecule has 0 spiro atoms. The molecule has 0 atom stereocenters. The summed E-state index contributed by atoms with van der Waals surface area (Å²) in [7, 11) is 0. The van der Waals surface area contributed by atoms with E-state index in [0.717, 1.165) is 11.3 Å². The fourth-order valence-corrected chi connectivity index (χ4v) is 4.02. The third kappa shape index (κ3) is 5.12. The molecule has 0 aliphatic rings. The van der Waals surface area contributed by atoms with Gasteiger partial charge in [-0.05, 0) is 19.1 Å². The third-order valence-corrected chi connectivity index (χ3v) is 5.65. The maximum Gasteiger partial charge on any atom is 0.419 e. The zero-order valence-electron chi connectivity index (χ0n) is 14.6. The normalized spacial score (nSPS) is 10.9. The number of oxazole rings is 1. The Hall–Kier alpha value is -2.37. The van der Waals surface area contributed by atoms with Crippen LogP contribution in [0.15, 0.2) is 31.8 Å². The molecule has 1 N–H and O–H groups in total. The molecule has 3 rings (SSSR count). The lowest BCUT2D eigenvalue weighted by atomic mass is 10.3. The highest BCUT2D eigenvalue weighted by Crippen LogP contribution is 2.25. The van der Waals surface area contributed by atoms with Crippen LogP contribution in [0.5, 0.6) is 0 Å². The molecule has 0 aliphatic carbocycles. The third-order valence-electron chi connectivity index (χ3n) is 3.46. The van der Waals surface area contributed by atoms with Crippen molar-refractivity contribution in [1.29, 1.82) is 0 Å². The monoisotopic (exact) mass is 442 g/mol. The topological polar surface area (TPSA) is 116 Å². The SMILES string of the molecule is CCOC(=O)CSc1nnc(NC(=O)CCn2c(=O)oc3cc(Cl)ccc32)s1. The van der Waals surface area contributed by atoms with Crippen LogP contribution in [0.2, 0.25) is 5.02 Å². The van der Waals surface area contributed by atoms with Crippen molar-refractivity contribution in [2.45, 2.75) is 24.2 Å². The van der Waals surface area contributed by atoms with Crippen LogP contribution in [0.25, 0.3) is 11.1 Å². The van der Waals surface area contributed by atoms with E-state index in [9.17, 15) is 14.4 Å². The summed E-state index contributed by atoms with van der Waals surface area (Å²) in [6, 6.07) is 4.86. The van der Waals surface area contributed by atoms with Crippen molar-refractivity contribution in [2.75, 3.05) is 17.7 Å². The Kier molecular flexibility index (Phi) is 6.70. The summed E-state index contributed by atoms with van der Waals surface area (Å²) in [5.74, 6) is -1.10. The Balaban J connectivity index is 1.55.